The molecule has 0 saturated carbocycles. The largest absolute Gasteiger partial charge is 0.399 e. The molecule has 0 aromatic heterocycles. The van der Waals surface area contributed by atoms with Gasteiger partial charge in [-0.15, -0.1) is 0 Å². The van der Waals surface area contributed by atoms with E-state index in [-0.39, 0.29) is 20.4 Å². The molecule has 4 nitrogen and oxygen atoms in total. The van der Waals surface area contributed by atoms with Gasteiger partial charge in [0.25, 0.3) is 0 Å². The second-order valence-electron chi connectivity index (χ2n) is 3.93. The molecule has 0 unspecified atom stereocenters. The van der Waals surface area contributed by atoms with Crippen LogP contribution in [0.3, 0.4) is 0 Å². The SMILES string of the molecule is Nc1ccc(Sc2cc(F)ccc2F)c(S(N)(=O)=O)c1. The minimum absolute atomic E-state index is 0.0420. The van der Waals surface area contributed by atoms with Gasteiger partial charge in [-0.3, -0.25) is 0 Å². The molecule has 0 amide bonds. The van der Waals surface area contributed by atoms with E-state index in [1.54, 1.807) is 0 Å². The van der Waals surface area contributed by atoms with Crippen molar-refractivity contribution in [3.05, 3.63) is 48.0 Å². The third-order valence-electron chi connectivity index (χ3n) is 2.39. The molecule has 0 aliphatic carbocycles. The summed E-state index contributed by atoms with van der Waals surface area (Å²) in [5.74, 6) is -1.28. The summed E-state index contributed by atoms with van der Waals surface area (Å²) in [6.45, 7) is 0. The van der Waals surface area contributed by atoms with E-state index in [2.05, 4.69) is 0 Å². The summed E-state index contributed by atoms with van der Waals surface area (Å²) in [5.41, 5.74) is 5.71. The zero-order valence-corrected chi connectivity index (χ0v) is 11.6. The Bertz CT molecular complexity index is 764. The van der Waals surface area contributed by atoms with Crippen molar-refractivity contribution in [1.29, 1.82) is 0 Å². The average molecular weight is 316 g/mol. The number of hydrogen-bond acceptors (Lipinski definition) is 4. The van der Waals surface area contributed by atoms with Crippen molar-refractivity contribution in [2.24, 2.45) is 5.14 Å². The van der Waals surface area contributed by atoms with Gasteiger partial charge < -0.3 is 5.73 Å². The van der Waals surface area contributed by atoms with Crippen LogP contribution in [0.1, 0.15) is 0 Å². The van der Waals surface area contributed by atoms with E-state index in [9.17, 15) is 17.2 Å². The molecule has 4 N–H and O–H groups in total. The van der Waals surface area contributed by atoms with Crippen molar-refractivity contribution in [3.63, 3.8) is 0 Å². The highest BCUT2D eigenvalue weighted by Crippen LogP contribution is 2.35. The molecule has 0 fully saturated rings. The monoisotopic (exact) mass is 316 g/mol. The molecule has 2 aromatic rings. The fraction of sp³-hybridized carbons (Fsp3) is 0. The normalized spacial score (nSPS) is 11.6. The number of anilines is 1. The lowest BCUT2D eigenvalue weighted by atomic mass is 10.3. The maximum Gasteiger partial charge on any atom is 0.239 e. The van der Waals surface area contributed by atoms with E-state index < -0.39 is 21.7 Å². The van der Waals surface area contributed by atoms with Gasteiger partial charge in [0.1, 0.15) is 11.6 Å². The Morgan fingerprint density at radius 1 is 1.00 bits per heavy atom. The molecule has 106 valence electrons. The van der Waals surface area contributed by atoms with Crippen LogP contribution in [0, 0.1) is 11.6 Å². The predicted octanol–water partition coefficient (Wildman–Crippen LogP) is 2.35. The van der Waals surface area contributed by atoms with E-state index in [1.165, 1.54) is 18.2 Å². The van der Waals surface area contributed by atoms with Gasteiger partial charge >= 0.3 is 0 Å². The number of nitrogens with two attached hydrogens (primary N) is 2. The smallest absolute Gasteiger partial charge is 0.239 e. The first-order valence-electron chi connectivity index (χ1n) is 5.32. The van der Waals surface area contributed by atoms with E-state index in [1.807, 2.05) is 0 Å². The van der Waals surface area contributed by atoms with Gasteiger partial charge in [-0.1, -0.05) is 11.8 Å². The molecular formula is C12H10F2N2O2S2. The van der Waals surface area contributed by atoms with Crippen LogP contribution in [0.5, 0.6) is 0 Å². The Morgan fingerprint density at radius 2 is 1.70 bits per heavy atom. The predicted molar refractivity (Wildman–Crippen MR) is 72.7 cm³/mol. The topological polar surface area (TPSA) is 86.2 Å². The summed E-state index contributed by atoms with van der Waals surface area (Å²) in [6, 6.07) is 6.94. The van der Waals surface area contributed by atoms with Gasteiger partial charge in [0, 0.05) is 10.6 Å². The lowest BCUT2D eigenvalue weighted by molar-refractivity contribution is 0.577. The second-order valence-corrected chi connectivity index (χ2v) is 6.54. The van der Waals surface area contributed by atoms with Crippen LogP contribution in [0.4, 0.5) is 14.5 Å². The lowest BCUT2D eigenvalue weighted by Crippen LogP contribution is -2.13. The first kappa shape index (κ1) is 14.8. The molecule has 0 radical (unpaired) electrons. The van der Waals surface area contributed by atoms with Crippen molar-refractivity contribution >= 4 is 27.5 Å². The molecule has 0 aliphatic rings. The van der Waals surface area contributed by atoms with E-state index in [0.717, 1.165) is 30.0 Å². The average Bonchev–Trinajstić information content (AvgIpc) is 2.34. The number of halogens is 2. The van der Waals surface area contributed by atoms with E-state index in [0.29, 0.717) is 0 Å². The molecule has 0 spiro atoms. The number of sulfonamides is 1. The van der Waals surface area contributed by atoms with Crippen molar-refractivity contribution in [1.82, 2.24) is 0 Å². The maximum absolute atomic E-state index is 13.6. The number of hydrogen-bond donors (Lipinski definition) is 2. The Labute approximate surface area is 118 Å². The van der Waals surface area contributed by atoms with Gasteiger partial charge in [-0.05, 0) is 36.4 Å². The third kappa shape index (κ3) is 3.27. The van der Waals surface area contributed by atoms with Gasteiger partial charge in [-0.25, -0.2) is 22.3 Å². The van der Waals surface area contributed by atoms with Crippen LogP contribution < -0.4 is 10.9 Å². The summed E-state index contributed by atoms with van der Waals surface area (Å²) < 4.78 is 49.7. The number of nitrogen functional groups attached to an aromatic ring is 1. The maximum atomic E-state index is 13.6. The minimum atomic E-state index is -4.02. The summed E-state index contributed by atoms with van der Waals surface area (Å²) in [7, 11) is -4.02. The quantitative estimate of drug-likeness (QED) is 0.851. The highest BCUT2D eigenvalue weighted by molar-refractivity contribution is 8.00. The fourth-order valence-electron chi connectivity index (χ4n) is 1.51. The third-order valence-corrected chi connectivity index (χ3v) is 4.58. The van der Waals surface area contributed by atoms with Gasteiger partial charge in [0.05, 0.1) is 9.79 Å². The summed E-state index contributed by atoms with van der Waals surface area (Å²) in [6.07, 6.45) is 0. The lowest BCUT2D eigenvalue weighted by Gasteiger charge is -2.09. The van der Waals surface area contributed by atoms with Crippen LogP contribution in [-0.2, 0) is 10.0 Å². The highest BCUT2D eigenvalue weighted by atomic mass is 32.2. The number of benzene rings is 2. The first-order chi connectivity index (χ1) is 9.27. The van der Waals surface area contributed by atoms with Gasteiger partial charge in [0.2, 0.25) is 10.0 Å². The Kier molecular flexibility index (Phi) is 3.98. The molecule has 20 heavy (non-hydrogen) atoms. The first-order valence-corrected chi connectivity index (χ1v) is 7.69. The Morgan fingerprint density at radius 3 is 2.35 bits per heavy atom. The molecule has 2 rings (SSSR count). The summed E-state index contributed by atoms with van der Waals surface area (Å²) in [5, 5.41) is 5.08. The zero-order valence-electron chi connectivity index (χ0n) is 10.0. The molecule has 0 atom stereocenters. The van der Waals surface area contributed by atoms with Crippen molar-refractivity contribution in [2.45, 2.75) is 14.7 Å². The van der Waals surface area contributed by atoms with E-state index in [4.69, 9.17) is 10.9 Å². The molecular weight excluding hydrogens is 306 g/mol. The van der Waals surface area contributed by atoms with Crippen LogP contribution in [-0.4, -0.2) is 8.42 Å². The van der Waals surface area contributed by atoms with Crippen LogP contribution in [0.25, 0.3) is 0 Å². The molecule has 2 aromatic carbocycles. The molecule has 0 heterocycles. The van der Waals surface area contributed by atoms with Crippen LogP contribution >= 0.6 is 11.8 Å². The highest BCUT2D eigenvalue weighted by Gasteiger charge is 2.17. The van der Waals surface area contributed by atoms with Crippen LogP contribution in [0.15, 0.2) is 51.1 Å². The van der Waals surface area contributed by atoms with Crippen molar-refractivity contribution in [3.8, 4) is 0 Å². The number of primary sulfonamides is 1. The summed E-state index contributed by atoms with van der Waals surface area (Å²) >= 11 is 0.761. The standard InChI is InChI=1S/C12H10F2N2O2S2/c13-7-1-3-9(14)11(5-7)19-10-4-2-8(15)6-12(10)20(16,17)18/h1-6H,15H2,(H2,16,17,18). The molecule has 8 heteroatoms. The Balaban J connectivity index is 2.52. The van der Waals surface area contributed by atoms with E-state index >= 15 is 0 Å². The van der Waals surface area contributed by atoms with Crippen molar-refractivity contribution in [2.75, 3.05) is 5.73 Å². The summed E-state index contributed by atoms with van der Waals surface area (Å²) in [4.78, 5) is -0.1000. The number of rotatable bonds is 3. The Hall–Kier alpha value is -1.64. The fourth-order valence-corrected chi connectivity index (χ4v) is 3.50. The van der Waals surface area contributed by atoms with Gasteiger partial charge in [-0.2, -0.15) is 0 Å². The molecule has 0 aliphatic heterocycles. The minimum Gasteiger partial charge on any atom is -0.399 e. The van der Waals surface area contributed by atoms with Crippen LogP contribution in [0.2, 0.25) is 0 Å². The van der Waals surface area contributed by atoms with Gasteiger partial charge in [0.15, 0.2) is 0 Å². The van der Waals surface area contributed by atoms with Crippen molar-refractivity contribution < 1.29 is 17.2 Å². The second kappa shape index (κ2) is 5.39. The molecule has 0 bridgehead atoms. The molecule has 0 saturated heterocycles. The zero-order chi connectivity index (χ0) is 14.9.